The van der Waals surface area contributed by atoms with E-state index >= 15 is 0 Å². The van der Waals surface area contributed by atoms with Gasteiger partial charge in [-0.25, -0.2) is 0 Å². The van der Waals surface area contributed by atoms with Gasteiger partial charge in [0.15, 0.2) is 0 Å². The smallest absolute Gasteiger partial charge is 0.0500 e. The van der Waals surface area contributed by atoms with Crippen molar-refractivity contribution in [1.82, 2.24) is 9.97 Å². The lowest BCUT2D eigenvalue weighted by Gasteiger charge is -2.01. The largest absolute Gasteiger partial charge is 0.397 e. The van der Waals surface area contributed by atoms with Crippen LogP contribution in [0, 0.1) is 13.8 Å². The molecule has 0 bridgehead atoms. The number of rotatable bonds is 2. The van der Waals surface area contributed by atoms with Crippen molar-refractivity contribution in [3.63, 3.8) is 0 Å². The van der Waals surface area contributed by atoms with Crippen LogP contribution in [0.1, 0.15) is 22.3 Å². The van der Waals surface area contributed by atoms with Crippen molar-refractivity contribution in [3.05, 3.63) is 124 Å². The Morgan fingerprint density at radius 2 is 1.34 bits per heavy atom. The first-order chi connectivity index (χ1) is 14.0. The van der Waals surface area contributed by atoms with Crippen molar-refractivity contribution >= 4 is 21.6 Å². The molecule has 2 aromatic carbocycles. The van der Waals surface area contributed by atoms with Gasteiger partial charge in [-0.15, -0.1) is 0 Å². The highest BCUT2D eigenvalue weighted by Crippen LogP contribution is 2.10. The van der Waals surface area contributed by atoms with E-state index in [2.05, 4.69) is 82.2 Å². The average Bonchev–Trinajstić information content (AvgIpc) is 2.70. The molecule has 0 saturated carbocycles. The second kappa shape index (κ2) is 12.5. The Kier molecular flexibility index (Phi) is 9.60. The van der Waals surface area contributed by atoms with Crippen LogP contribution in [0.5, 0.6) is 0 Å². The number of nitrogens with two attached hydrogens (primary N) is 1. The number of aryl methyl sites for hydroxylation is 2. The zero-order valence-corrected chi connectivity index (χ0v) is 18.4. The number of halogens is 1. The van der Waals surface area contributed by atoms with E-state index < -0.39 is 0 Å². The van der Waals surface area contributed by atoms with Crippen LogP contribution >= 0.6 is 15.9 Å². The highest BCUT2D eigenvalue weighted by molar-refractivity contribution is 9.10. The number of nitrogens with zero attached hydrogens (tertiary/aromatic N) is 2. The molecule has 0 aliphatic rings. The lowest BCUT2D eigenvalue weighted by molar-refractivity contribution is 1.14. The Hall–Kier alpha value is -2.98. The lowest BCUT2D eigenvalue weighted by Crippen LogP contribution is -1.88. The molecule has 2 N–H and O–H groups in total. The highest BCUT2D eigenvalue weighted by atomic mass is 79.9. The van der Waals surface area contributed by atoms with Crippen molar-refractivity contribution in [2.24, 2.45) is 0 Å². The summed E-state index contributed by atoms with van der Waals surface area (Å²) < 4.78 is 1.15. The lowest BCUT2D eigenvalue weighted by atomic mass is 10.0. The molecule has 2 heterocycles. The minimum absolute atomic E-state index is 0.711. The minimum Gasteiger partial charge on any atom is -0.397 e. The monoisotopic (exact) mass is 447 g/mol. The summed E-state index contributed by atoms with van der Waals surface area (Å²) in [6.07, 6.45) is 7.99. The maximum absolute atomic E-state index is 5.30. The number of aromatic nitrogens is 2. The zero-order valence-electron chi connectivity index (χ0n) is 16.8. The summed E-state index contributed by atoms with van der Waals surface area (Å²) in [5.74, 6) is 0. The van der Waals surface area contributed by atoms with Gasteiger partial charge in [-0.3, -0.25) is 9.97 Å². The molecule has 148 valence electrons. The first kappa shape index (κ1) is 22.3. The molecule has 4 aromatic rings. The first-order valence-corrected chi connectivity index (χ1v) is 10.1. The van der Waals surface area contributed by atoms with Gasteiger partial charge in [0, 0.05) is 29.3 Å². The summed E-state index contributed by atoms with van der Waals surface area (Å²) >= 11 is 3.36. The summed E-state index contributed by atoms with van der Waals surface area (Å²) in [4.78, 5) is 7.86. The number of hydrogen-bond donors (Lipinski definition) is 1. The van der Waals surface area contributed by atoms with Crippen LogP contribution in [0.3, 0.4) is 0 Å². The number of benzene rings is 2. The van der Waals surface area contributed by atoms with Crippen molar-refractivity contribution in [2.75, 3.05) is 5.73 Å². The van der Waals surface area contributed by atoms with Crippen LogP contribution in [0.15, 0.2) is 102 Å². The number of anilines is 1. The summed E-state index contributed by atoms with van der Waals surface area (Å²) in [5.41, 5.74) is 11.2. The van der Waals surface area contributed by atoms with E-state index in [9.17, 15) is 0 Å². The molecule has 0 radical (unpaired) electrons. The van der Waals surface area contributed by atoms with Crippen LogP contribution < -0.4 is 5.73 Å². The molecule has 0 fully saturated rings. The summed E-state index contributed by atoms with van der Waals surface area (Å²) in [6.45, 7) is 4.19. The predicted octanol–water partition coefficient (Wildman–Crippen LogP) is 6.40. The molecule has 4 rings (SSSR count). The predicted molar refractivity (Wildman–Crippen MR) is 126 cm³/mol. The quantitative estimate of drug-likeness (QED) is 0.386. The molecule has 0 unspecified atom stereocenters. The van der Waals surface area contributed by atoms with Crippen molar-refractivity contribution in [2.45, 2.75) is 20.3 Å². The van der Waals surface area contributed by atoms with Crippen molar-refractivity contribution < 1.29 is 0 Å². The highest BCUT2D eigenvalue weighted by Gasteiger charge is 1.95. The molecular weight excluding hydrogens is 422 g/mol. The van der Waals surface area contributed by atoms with Crippen LogP contribution in [-0.4, -0.2) is 9.97 Å². The first-order valence-electron chi connectivity index (χ1n) is 9.35. The standard InChI is InChI=1S/C13H13N.C7H7Br.C5H6N2/c1-11-4-2-5-12(8-11)9-13-6-3-7-14-10-13;1-6-3-2-4-7(8)5-6;6-5-2-1-3-7-4-5/h2-8,10H,9H2,1H3;2-5H,1H3;1-4H,6H2. The molecule has 3 nitrogen and oxygen atoms in total. The Morgan fingerprint density at radius 1 is 0.724 bits per heavy atom. The fourth-order valence-electron chi connectivity index (χ4n) is 2.54. The van der Waals surface area contributed by atoms with E-state index in [4.69, 9.17) is 5.73 Å². The fraction of sp³-hybridized carbons (Fsp3) is 0.120. The topological polar surface area (TPSA) is 51.8 Å². The molecule has 0 aliphatic carbocycles. The molecule has 29 heavy (non-hydrogen) atoms. The Labute approximate surface area is 181 Å². The second-order valence-electron chi connectivity index (χ2n) is 6.61. The second-order valence-corrected chi connectivity index (χ2v) is 7.53. The van der Waals surface area contributed by atoms with E-state index in [0.717, 1.165) is 10.9 Å². The zero-order chi connectivity index (χ0) is 20.9. The van der Waals surface area contributed by atoms with Gasteiger partial charge in [-0.1, -0.05) is 69.5 Å². The summed E-state index contributed by atoms with van der Waals surface area (Å²) in [5, 5.41) is 0. The number of hydrogen-bond acceptors (Lipinski definition) is 3. The third-order valence-electron chi connectivity index (χ3n) is 3.88. The van der Waals surface area contributed by atoms with Gasteiger partial charge < -0.3 is 5.73 Å². The van der Waals surface area contributed by atoms with E-state index in [1.54, 1.807) is 30.7 Å². The van der Waals surface area contributed by atoms with Gasteiger partial charge in [-0.2, -0.15) is 0 Å². The SMILES string of the molecule is Cc1cccc(Br)c1.Cc1cccc(Cc2cccnc2)c1.Nc1cccnc1. The van der Waals surface area contributed by atoms with Crippen LogP contribution in [0.4, 0.5) is 5.69 Å². The summed E-state index contributed by atoms with van der Waals surface area (Å²) in [7, 11) is 0. The van der Waals surface area contributed by atoms with Gasteiger partial charge >= 0.3 is 0 Å². The van der Waals surface area contributed by atoms with E-state index in [1.165, 1.54) is 22.3 Å². The molecule has 2 aromatic heterocycles. The molecule has 4 heteroatoms. The third kappa shape index (κ3) is 9.67. The van der Waals surface area contributed by atoms with E-state index in [-0.39, 0.29) is 0 Å². The van der Waals surface area contributed by atoms with Gasteiger partial charge in [-0.05, 0) is 61.7 Å². The van der Waals surface area contributed by atoms with Crippen LogP contribution in [0.2, 0.25) is 0 Å². The Bertz CT molecular complexity index is 956. The van der Waals surface area contributed by atoms with Gasteiger partial charge in [0.25, 0.3) is 0 Å². The van der Waals surface area contributed by atoms with Crippen molar-refractivity contribution in [1.29, 1.82) is 0 Å². The number of pyridine rings is 2. The van der Waals surface area contributed by atoms with Crippen molar-refractivity contribution in [3.8, 4) is 0 Å². The molecule has 0 amide bonds. The molecular formula is C25H26BrN3. The maximum Gasteiger partial charge on any atom is 0.0500 e. The molecule has 0 spiro atoms. The van der Waals surface area contributed by atoms with Gasteiger partial charge in [0.1, 0.15) is 0 Å². The average molecular weight is 448 g/mol. The van der Waals surface area contributed by atoms with E-state index in [1.807, 2.05) is 24.4 Å². The number of nitrogen functional groups attached to an aromatic ring is 1. The molecule has 0 atom stereocenters. The summed E-state index contributed by atoms with van der Waals surface area (Å²) in [6, 6.07) is 24.5. The fourth-order valence-corrected chi connectivity index (χ4v) is 3.06. The minimum atomic E-state index is 0.711. The third-order valence-corrected chi connectivity index (χ3v) is 4.37. The van der Waals surface area contributed by atoms with E-state index in [0.29, 0.717) is 5.69 Å². The van der Waals surface area contributed by atoms with Crippen LogP contribution in [0.25, 0.3) is 0 Å². The van der Waals surface area contributed by atoms with Gasteiger partial charge in [0.2, 0.25) is 0 Å². The maximum atomic E-state index is 5.30. The Morgan fingerprint density at radius 3 is 1.79 bits per heavy atom. The van der Waals surface area contributed by atoms with Gasteiger partial charge in [0.05, 0.1) is 5.69 Å². The van der Waals surface area contributed by atoms with Crippen LogP contribution in [-0.2, 0) is 6.42 Å². The normalized spacial score (nSPS) is 9.48. The molecule has 0 saturated heterocycles. The Balaban J connectivity index is 0.000000170. The molecule has 0 aliphatic heterocycles.